The van der Waals surface area contributed by atoms with Crippen LogP contribution in [0.25, 0.3) is 0 Å². The van der Waals surface area contributed by atoms with Gasteiger partial charge in [0, 0.05) is 25.6 Å². The number of rotatable bonds is 8. The van der Waals surface area contributed by atoms with Gasteiger partial charge in [-0.15, -0.1) is 0 Å². The van der Waals surface area contributed by atoms with E-state index in [2.05, 4.69) is 20.9 Å². The van der Waals surface area contributed by atoms with Crippen LogP contribution in [-0.4, -0.2) is 31.0 Å². The normalized spacial score (nSPS) is 14.8. The Labute approximate surface area is 151 Å². The predicted octanol–water partition coefficient (Wildman–Crippen LogP) is 2.82. The minimum atomic E-state index is -4.36. The van der Waals surface area contributed by atoms with E-state index in [4.69, 9.17) is 0 Å². The van der Waals surface area contributed by atoms with Gasteiger partial charge in [-0.25, -0.2) is 4.99 Å². The Balaban J connectivity index is 1.80. The molecule has 0 saturated heterocycles. The first-order chi connectivity index (χ1) is 12.4. The van der Waals surface area contributed by atoms with Crippen molar-refractivity contribution in [2.24, 2.45) is 4.99 Å². The first-order valence-corrected chi connectivity index (χ1v) is 8.86. The number of benzene rings is 1. The lowest BCUT2D eigenvalue weighted by Crippen LogP contribution is -2.38. The van der Waals surface area contributed by atoms with Gasteiger partial charge in [-0.05, 0) is 43.9 Å². The van der Waals surface area contributed by atoms with Crippen LogP contribution >= 0.6 is 0 Å². The molecular formula is C18H25F3N4O. The van der Waals surface area contributed by atoms with Gasteiger partial charge in [-0.1, -0.05) is 12.1 Å². The quantitative estimate of drug-likeness (QED) is 0.375. The molecule has 0 heterocycles. The van der Waals surface area contributed by atoms with Crippen LogP contribution in [0.3, 0.4) is 0 Å². The van der Waals surface area contributed by atoms with Crippen molar-refractivity contribution in [3.63, 3.8) is 0 Å². The van der Waals surface area contributed by atoms with Crippen molar-refractivity contribution in [1.82, 2.24) is 16.0 Å². The number of hydrogen-bond donors (Lipinski definition) is 3. The minimum absolute atomic E-state index is 0.0557. The highest BCUT2D eigenvalue weighted by atomic mass is 19.4. The van der Waals surface area contributed by atoms with Gasteiger partial charge in [0.05, 0.1) is 12.1 Å². The Morgan fingerprint density at radius 3 is 2.69 bits per heavy atom. The Bertz CT molecular complexity index is 627. The first-order valence-electron chi connectivity index (χ1n) is 8.86. The highest BCUT2D eigenvalue weighted by Gasteiger charge is 2.30. The van der Waals surface area contributed by atoms with Crippen molar-refractivity contribution >= 4 is 11.9 Å². The molecule has 5 nitrogen and oxygen atoms in total. The lowest BCUT2D eigenvalue weighted by Gasteiger charge is -2.12. The largest absolute Gasteiger partial charge is 0.416 e. The monoisotopic (exact) mass is 370 g/mol. The zero-order chi connectivity index (χ0) is 19.0. The van der Waals surface area contributed by atoms with Crippen LogP contribution in [0.1, 0.15) is 43.7 Å². The first kappa shape index (κ1) is 20.1. The van der Waals surface area contributed by atoms with Crippen molar-refractivity contribution in [3.05, 3.63) is 35.4 Å². The SMILES string of the molecule is CCNC(=NCc1cccc(C(F)(F)F)c1)NCCCC(=O)NC1CC1. The fraction of sp³-hybridized carbons (Fsp3) is 0.556. The van der Waals surface area contributed by atoms with Gasteiger partial charge in [-0.2, -0.15) is 13.2 Å². The molecule has 1 aliphatic rings. The summed E-state index contributed by atoms with van der Waals surface area (Å²) in [5, 5.41) is 9.07. The summed E-state index contributed by atoms with van der Waals surface area (Å²) in [6, 6.07) is 5.51. The smallest absolute Gasteiger partial charge is 0.357 e. The summed E-state index contributed by atoms with van der Waals surface area (Å²) in [6.07, 6.45) is -1.12. The zero-order valence-electron chi connectivity index (χ0n) is 14.8. The molecule has 1 aliphatic carbocycles. The lowest BCUT2D eigenvalue weighted by atomic mass is 10.1. The molecule has 0 spiro atoms. The number of carbonyl (C=O) groups is 1. The summed E-state index contributed by atoms with van der Waals surface area (Å²) in [6.45, 7) is 3.25. The second-order valence-corrected chi connectivity index (χ2v) is 6.27. The highest BCUT2D eigenvalue weighted by Crippen LogP contribution is 2.29. The number of nitrogens with zero attached hydrogens (tertiary/aromatic N) is 1. The van der Waals surface area contributed by atoms with Gasteiger partial charge in [0.15, 0.2) is 5.96 Å². The number of halogens is 3. The third-order valence-electron chi connectivity index (χ3n) is 3.83. The molecule has 0 unspecified atom stereocenters. The van der Waals surface area contributed by atoms with Crippen LogP contribution in [0.5, 0.6) is 0 Å². The molecular weight excluding hydrogens is 345 g/mol. The molecule has 8 heteroatoms. The van der Waals surface area contributed by atoms with Gasteiger partial charge in [0.2, 0.25) is 5.91 Å². The van der Waals surface area contributed by atoms with Gasteiger partial charge < -0.3 is 16.0 Å². The van der Waals surface area contributed by atoms with E-state index in [-0.39, 0.29) is 12.5 Å². The number of alkyl halides is 3. The fourth-order valence-electron chi connectivity index (χ4n) is 2.34. The summed E-state index contributed by atoms with van der Waals surface area (Å²) in [4.78, 5) is 15.9. The van der Waals surface area contributed by atoms with E-state index in [0.717, 1.165) is 25.0 Å². The molecule has 2 rings (SSSR count). The molecule has 1 aromatic rings. The average Bonchev–Trinajstić information content (AvgIpc) is 3.40. The number of hydrogen-bond acceptors (Lipinski definition) is 2. The molecule has 3 N–H and O–H groups in total. The minimum Gasteiger partial charge on any atom is -0.357 e. The van der Waals surface area contributed by atoms with Crippen LogP contribution in [0, 0.1) is 0 Å². The summed E-state index contributed by atoms with van der Waals surface area (Å²) in [7, 11) is 0. The molecule has 0 bridgehead atoms. The van der Waals surface area contributed by atoms with E-state index >= 15 is 0 Å². The van der Waals surface area contributed by atoms with E-state index in [9.17, 15) is 18.0 Å². The van der Waals surface area contributed by atoms with Crippen LogP contribution in [0.4, 0.5) is 13.2 Å². The fourth-order valence-corrected chi connectivity index (χ4v) is 2.34. The van der Waals surface area contributed by atoms with Crippen molar-refractivity contribution < 1.29 is 18.0 Å². The lowest BCUT2D eigenvalue weighted by molar-refractivity contribution is -0.137. The van der Waals surface area contributed by atoms with E-state index in [1.54, 1.807) is 6.07 Å². The molecule has 0 radical (unpaired) electrons. The Morgan fingerprint density at radius 1 is 1.27 bits per heavy atom. The Hall–Kier alpha value is -2.25. The summed E-state index contributed by atoms with van der Waals surface area (Å²) >= 11 is 0. The molecule has 1 saturated carbocycles. The molecule has 0 aromatic heterocycles. The Kier molecular flexibility index (Phi) is 7.29. The third-order valence-corrected chi connectivity index (χ3v) is 3.83. The molecule has 0 aliphatic heterocycles. The second-order valence-electron chi connectivity index (χ2n) is 6.27. The molecule has 1 fully saturated rings. The van der Waals surface area contributed by atoms with Crippen molar-refractivity contribution in [2.75, 3.05) is 13.1 Å². The van der Waals surface area contributed by atoms with Crippen molar-refractivity contribution in [1.29, 1.82) is 0 Å². The van der Waals surface area contributed by atoms with Gasteiger partial charge in [0.1, 0.15) is 0 Å². The standard InChI is InChI=1S/C18H25F3N4O/c1-2-22-17(23-10-4-7-16(26)25-15-8-9-15)24-12-13-5-3-6-14(11-13)18(19,20)21/h3,5-6,11,15H,2,4,7-10,12H2,1H3,(H,25,26)(H2,22,23,24). The van der Waals surface area contributed by atoms with Gasteiger partial charge in [-0.3, -0.25) is 4.79 Å². The predicted molar refractivity (Wildman–Crippen MR) is 94.7 cm³/mol. The van der Waals surface area contributed by atoms with Crippen LogP contribution < -0.4 is 16.0 Å². The van der Waals surface area contributed by atoms with E-state index < -0.39 is 11.7 Å². The highest BCUT2D eigenvalue weighted by molar-refractivity contribution is 5.80. The molecule has 26 heavy (non-hydrogen) atoms. The molecule has 144 valence electrons. The number of guanidine groups is 1. The maximum absolute atomic E-state index is 12.7. The van der Waals surface area contributed by atoms with Crippen LogP contribution in [-0.2, 0) is 17.5 Å². The van der Waals surface area contributed by atoms with Crippen LogP contribution in [0.2, 0.25) is 0 Å². The zero-order valence-corrected chi connectivity index (χ0v) is 14.8. The number of amides is 1. The average molecular weight is 370 g/mol. The maximum atomic E-state index is 12.7. The van der Waals surface area contributed by atoms with E-state index in [1.807, 2.05) is 6.92 Å². The van der Waals surface area contributed by atoms with Crippen LogP contribution in [0.15, 0.2) is 29.3 Å². The summed E-state index contributed by atoms with van der Waals surface area (Å²) in [5.74, 6) is 0.577. The van der Waals surface area contributed by atoms with Gasteiger partial charge >= 0.3 is 6.18 Å². The van der Waals surface area contributed by atoms with E-state index in [1.165, 1.54) is 6.07 Å². The van der Waals surface area contributed by atoms with Crippen molar-refractivity contribution in [2.45, 2.75) is 51.4 Å². The van der Waals surface area contributed by atoms with Gasteiger partial charge in [0.25, 0.3) is 0 Å². The molecule has 1 aromatic carbocycles. The Morgan fingerprint density at radius 2 is 2.04 bits per heavy atom. The number of nitrogens with one attached hydrogen (secondary N) is 3. The third kappa shape index (κ3) is 7.33. The molecule has 0 atom stereocenters. The summed E-state index contributed by atoms with van der Waals surface area (Å²) in [5.41, 5.74) is -0.189. The topological polar surface area (TPSA) is 65.5 Å². The summed E-state index contributed by atoms with van der Waals surface area (Å²) < 4.78 is 38.2. The second kappa shape index (κ2) is 9.45. The number of aliphatic imine (C=N–C) groups is 1. The maximum Gasteiger partial charge on any atom is 0.416 e. The van der Waals surface area contributed by atoms with E-state index in [0.29, 0.717) is 43.5 Å². The number of carbonyl (C=O) groups excluding carboxylic acids is 1. The van der Waals surface area contributed by atoms with Crippen molar-refractivity contribution in [3.8, 4) is 0 Å². The molecule has 1 amide bonds.